The minimum absolute atomic E-state index is 0.117. The van der Waals surface area contributed by atoms with Gasteiger partial charge in [-0.25, -0.2) is 0 Å². The summed E-state index contributed by atoms with van der Waals surface area (Å²) in [7, 11) is 0. The zero-order chi connectivity index (χ0) is 20.1. The van der Waals surface area contributed by atoms with Crippen molar-refractivity contribution in [2.75, 3.05) is 6.61 Å². The van der Waals surface area contributed by atoms with Gasteiger partial charge in [0.2, 0.25) is 6.10 Å². The zero-order valence-electron chi connectivity index (χ0n) is 15.1. The van der Waals surface area contributed by atoms with E-state index < -0.39 is 48.4 Å². The lowest BCUT2D eigenvalue weighted by Crippen LogP contribution is -2.61. The number of nitrogens with zero attached hydrogens (tertiary/aromatic N) is 1. The van der Waals surface area contributed by atoms with Gasteiger partial charge in [-0.1, -0.05) is 0 Å². The molecule has 10 heteroatoms. The van der Waals surface area contributed by atoms with Gasteiger partial charge < -0.3 is 24.7 Å². The predicted molar refractivity (Wildman–Crippen MR) is 86.8 cm³/mol. The number of primary amides is 1. The molecular formula is C17H21N2O8+. The summed E-state index contributed by atoms with van der Waals surface area (Å²) in [6.45, 7) is 3.44. The monoisotopic (exact) mass is 381 g/mol. The quantitative estimate of drug-likeness (QED) is 0.406. The second kappa shape index (κ2) is 8.58. The van der Waals surface area contributed by atoms with Crippen molar-refractivity contribution >= 4 is 23.8 Å². The van der Waals surface area contributed by atoms with Crippen LogP contribution in [0, 0.1) is 0 Å². The maximum atomic E-state index is 11.6. The Labute approximate surface area is 155 Å². The summed E-state index contributed by atoms with van der Waals surface area (Å²) in [6, 6.07) is 3.07. The van der Waals surface area contributed by atoms with Crippen molar-refractivity contribution in [3.05, 3.63) is 30.1 Å². The standard InChI is InChI=1S/C17H20N2O8/c1-9(20)25-13-8-24-17(19-6-4-5-12(7-19)16(18)23)15(27-11(3)22)14(13)26-10(2)21/h4-7,13-15,17H,8H2,1-3H3,(H-,18,23)/p+1/t13-,14+,15+,17+/m0/s1. The van der Waals surface area contributed by atoms with Crippen LogP contribution in [0.4, 0.5) is 0 Å². The Morgan fingerprint density at radius 1 is 1.04 bits per heavy atom. The Morgan fingerprint density at radius 3 is 2.19 bits per heavy atom. The Bertz CT molecular complexity index is 750. The molecule has 0 aliphatic carbocycles. The molecule has 146 valence electrons. The summed E-state index contributed by atoms with van der Waals surface area (Å²) in [5.74, 6) is -2.56. The van der Waals surface area contributed by atoms with Crippen molar-refractivity contribution in [2.45, 2.75) is 45.3 Å². The van der Waals surface area contributed by atoms with Gasteiger partial charge in [0.25, 0.3) is 5.91 Å². The van der Waals surface area contributed by atoms with E-state index in [0.717, 1.165) is 0 Å². The van der Waals surface area contributed by atoms with Crippen LogP contribution in [0.1, 0.15) is 37.4 Å². The van der Waals surface area contributed by atoms with Crippen LogP contribution < -0.4 is 10.3 Å². The number of carbonyl (C=O) groups is 4. The molecule has 4 atom stereocenters. The van der Waals surface area contributed by atoms with Crippen molar-refractivity contribution in [1.82, 2.24) is 0 Å². The molecule has 1 saturated heterocycles. The average Bonchev–Trinajstić information content (AvgIpc) is 2.56. The molecule has 10 nitrogen and oxygen atoms in total. The van der Waals surface area contributed by atoms with E-state index in [2.05, 4.69) is 0 Å². The van der Waals surface area contributed by atoms with Crippen LogP contribution in [0.3, 0.4) is 0 Å². The summed E-state index contributed by atoms with van der Waals surface area (Å²) < 4.78 is 22.9. The summed E-state index contributed by atoms with van der Waals surface area (Å²) in [5.41, 5.74) is 5.49. The van der Waals surface area contributed by atoms with Crippen LogP contribution in [-0.2, 0) is 33.3 Å². The third-order valence-electron chi connectivity index (χ3n) is 3.72. The largest absolute Gasteiger partial charge is 0.456 e. The van der Waals surface area contributed by atoms with E-state index in [-0.39, 0.29) is 12.2 Å². The number of nitrogens with two attached hydrogens (primary N) is 1. The Balaban J connectivity index is 2.42. The van der Waals surface area contributed by atoms with Gasteiger partial charge in [-0.2, -0.15) is 4.57 Å². The summed E-state index contributed by atoms with van der Waals surface area (Å²) in [5, 5.41) is 0. The normalized spacial score (nSPS) is 24.6. The molecule has 0 spiro atoms. The Morgan fingerprint density at radius 2 is 1.63 bits per heavy atom. The molecule has 1 aliphatic heterocycles. The number of esters is 3. The van der Waals surface area contributed by atoms with Crippen molar-refractivity contribution < 1.29 is 42.7 Å². The van der Waals surface area contributed by atoms with E-state index in [1.807, 2.05) is 0 Å². The predicted octanol–water partition coefficient (Wildman–Crippen LogP) is -0.603. The minimum Gasteiger partial charge on any atom is -0.456 e. The Hall–Kier alpha value is -3.01. The molecule has 27 heavy (non-hydrogen) atoms. The molecule has 0 saturated carbocycles. The molecule has 2 heterocycles. The summed E-state index contributed by atoms with van der Waals surface area (Å²) >= 11 is 0. The molecule has 1 amide bonds. The van der Waals surface area contributed by atoms with Crippen LogP contribution in [0.25, 0.3) is 0 Å². The van der Waals surface area contributed by atoms with Gasteiger partial charge in [0, 0.05) is 26.8 Å². The van der Waals surface area contributed by atoms with Gasteiger partial charge >= 0.3 is 24.1 Å². The van der Waals surface area contributed by atoms with Crippen molar-refractivity contribution in [3.8, 4) is 0 Å². The van der Waals surface area contributed by atoms with Crippen LogP contribution >= 0.6 is 0 Å². The maximum absolute atomic E-state index is 11.6. The van der Waals surface area contributed by atoms with Crippen LogP contribution in [0.2, 0.25) is 0 Å². The molecule has 2 rings (SSSR count). The smallest absolute Gasteiger partial charge is 0.304 e. The SMILES string of the molecule is CC(=O)O[C@@H]1[C@H](OC(C)=O)[C@@H](OC(C)=O)CO[C@H]1[n+]1cccc(C(N)=O)c1. The number of hydrogen-bond donors (Lipinski definition) is 1. The van der Waals surface area contributed by atoms with Crippen LogP contribution in [0.5, 0.6) is 0 Å². The second-order valence-electron chi connectivity index (χ2n) is 5.92. The highest BCUT2D eigenvalue weighted by molar-refractivity contribution is 5.92. The lowest BCUT2D eigenvalue weighted by atomic mass is 10.0. The highest BCUT2D eigenvalue weighted by Crippen LogP contribution is 2.27. The third kappa shape index (κ3) is 5.23. The number of hydrogen-bond acceptors (Lipinski definition) is 8. The van der Waals surface area contributed by atoms with E-state index in [1.165, 1.54) is 37.6 Å². The Kier molecular flexibility index (Phi) is 6.45. The van der Waals surface area contributed by atoms with Gasteiger partial charge in [-0.15, -0.1) is 0 Å². The fourth-order valence-electron chi connectivity index (χ4n) is 2.78. The van der Waals surface area contributed by atoms with Crippen molar-refractivity contribution in [3.63, 3.8) is 0 Å². The molecule has 1 aliphatic rings. The maximum Gasteiger partial charge on any atom is 0.304 e. The van der Waals surface area contributed by atoms with Gasteiger partial charge in [0.15, 0.2) is 24.6 Å². The molecule has 1 aromatic heterocycles. The first-order valence-electron chi connectivity index (χ1n) is 8.13. The highest BCUT2D eigenvalue weighted by Gasteiger charge is 2.51. The van der Waals surface area contributed by atoms with E-state index in [4.69, 9.17) is 24.7 Å². The van der Waals surface area contributed by atoms with Gasteiger partial charge in [-0.3, -0.25) is 19.2 Å². The first-order valence-corrected chi connectivity index (χ1v) is 8.13. The van der Waals surface area contributed by atoms with E-state index >= 15 is 0 Å². The molecule has 0 unspecified atom stereocenters. The number of pyridine rings is 1. The molecule has 1 fully saturated rings. The first kappa shape index (κ1) is 20.3. The fraction of sp³-hybridized carbons (Fsp3) is 0.471. The minimum atomic E-state index is -1.13. The van der Waals surface area contributed by atoms with Gasteiger partial charge in [0.1, 0.15) is 5.56 Å². The topological polar surface area (TPSA) is 135 Å². The second-order valence-corrected chi connectivity index (χ2v) is 5.92. The van der Waals surface area contributed by atoms with E-state index in [0.29, 0.717) is 0 Å². The molecule has 1 aromatic rings. The molecule has 0 radical (unpaired) electrons. The third-order valence-corrected chi connectivity index (χ3v) is 3.72. The number of rotatable bonds is 5. The summed E-state index contributed by atoms with van der Waals surface area (Å²) in [4.78, 5) is 46.0. The van der Waals surface area contributed by atoms with Gasteiger partial charge in [-0.05, 0) is 6.07 Å². The highest BCUT2D eigenvalue weighted by atomic mass is 16.6. The number of carbonyl (C=O) groups excluding carboxylic acids is 4. The summed E-state index contributed by atoms with van der Waals surface area (Å²) in [6.07, 6.45) is -1.14. The number of amides is 1. The van der Waals surface area contributed by atoms with Crippen molar-refractivity contribution in [2.24, 2.45) is 5.73 Å². The zero-order valence-corrected chi connectivity index (χ0v) is 15.1. The van der Waals surface area contributed by atoms with Crippen molar-refractivity contribution in [1.29, 1.82) is 0 Å². The number of ether oxygens (including phenoxy) is 4. The van der Waals surface area contributed by atoms with E-state index in [9.17, 15) is 19.2 Å². The first-order chi connectivity index (χ1) is 12.7. The van der Waals surface area contributed by atoms with Crippen LogP contribution in [-0.4, -0.2) is 48.7 Å². The molecule has 0 bridgehead atoms. The molecular weight excluding hydrogens is 360 g/mol. The number of aromatic nitrogens is 1. The fourth-order valence-corrected chi connectivity index (χ4v) is 2.78. The lowest BCUT2D eigenvalue weighted by Gasteiger charge is -2.37. The van der Waals surface area contributed by atoms with E-state index in [1.54, 1.807) is 12.3 Å². The molecule has 0 aromatic carbocycles. The average molecular weight is 381 g/mol. The van der Waals surface area contributed by atoms with Gasteiger partial charge in [0.05, 0.1) is 6.61 Å². The molecule has 2 N–H and O–H groups in total. The van der Waals surface area contributed by atoms with Crippen LogP contribution in [0.15, 0.2) is 24.5 Å². The lowest BCUT2D eigenvalue weighted by molar-refractivity contribution is -0.774.